The molecule has 3 unspecified atom stereocenters. The van der Waals surface area contributed by atoms with Crippen molar-refractivity contribution in [1.82, 2.24) is 0 Å². The summed E-state index contributed by atoms with van der Waals surface area (Å²) in [7, 11) is -2.47. The van der Waals surface area contributed by atoms with Crippen LogP contribution in [-0.2, 0) is 24.0 Å². The van der Waals surface area contributed by atoms with Crippen molar-refractivity contribution in [1.29, 1.82) is 0 Å². The summed E-state index contributed by atoms with van der Waals surface area (Å²) < 4.78 is 84.0. The van der Waals surface area contributed by atoms with Crippen LogP contribution in [0.1, 0.15) is 36.5 Å². The van der Waals surface area contributed by atoms with Gasteiger partial charge in [0.2, 0.25) is 0 Å². The van der Waals surface area contributed by atoms with Crippen molar-refractivity contribution in [2.24, 2.45) is 17.8 Å². The summed E-state index contributed by atoms with van der Waals surface area (Å²) in [6, 6.07) is 4.87. The molecule has 4 rings (SSSR count). The van der Waals surface area contributed by atoms with E-state index in [0.717, 1.165) is 6.07 Å². The normalized spacial score (nSPS) is 25.8. The molecule has 2 aromatic rings. The number of halogens is 4. The third kappa shape index (κ3) is 6.73. The molecule has 2 aromatic carbocycles. The molecule has 2 saturated carbocycles. The predicted octanol–water partition coefficient (Wildman–Crippen LogP) is 4.63. The first-order valence-corrected chi connectivity index (χ1v) is 15.2. The number of sulfone groups is 1. The number of ether oxygens (including phenoxy) is 3. The van der Waals surface area contributed by atoms with Gasteiger partial charge in [-0.2, -0.15) is 0 Å². The Hall–Kier alpha value is -2.22. The van der Waals surface area contributed by atoms with Crippen molar-refractivity contribution in [3.63, 3.8) is 0 Å². The van der Waals surface area contributed by atoms with E-state index in [9.17, 15) is 31.5 Å². The Kier molecular flexibility index (Phi) is 10.0. The van der Waals surface area contributed by atoms with E-state index in [-0.39, 0.29) is 65.0 Å². The maximum absolute atomic E-state index is 13.8. The van der Waals surface area contributed by atoms with Crippen molar-refractivity contribution in [2.75, 3.05) is 45.5 Å². The van der Waals surface area contributed by atoms with Gasteiger partial charge in [-0.3, -0.25) is 4.79 Å². The Morgan fingerprint density at radius 1 is 1.05 bits per heavy atom. The fourth-order valence-corrected chi connectivity index (χ4v) is 8.37. The molecule has 41 heavy (non-hydrogen) atoms. The minimum Gasteiger partial charge on any atom is -0.387 e. The number of amides is 1. The molecule has 0 aliphatic heterocycles. The standard InChI is InChI=1S/C28H33ClF3NO7S/c1-16-9-18-11-20(14-21(16)28(18,35)15-40-8-7-39-6-5-38-2)41(36,37)25-10-17(3-4-22(25)29)27(34)33-19-12-23(30)26(32)24(31)13-19/h3-4,10,12-13,16,18,20-21,35H,5-9,11,14-15H2,1-2H3,(H,33,34)/t16-,18?,20?,21?,28+/m0/s1. The Bertz CT molecular complexity index is 1360. The number of hydrogen-bond donors (Lipinski definition) is 2. The predicted molar refractivity (Wildman–Crippen MR) is 145 cm³/mol. The number of methoxy groups -OCH3 is 1. The zero-order valence-electron chi connectivity index (χ0n) is 22.7. The second-order valence-corrected chi connectivity index (χ2v) is 13.3. The number of rotatable bonds is 12. The molecule has 2 fully saturated rings. The molecule has 226 valence electrons. The van der Waals surface area contributed by atoms with Crippen molar-refractivity contribution in [3.05, 3.63) is 58.4 Å². The monoisotopic (exact) mass is 619 g/mol. The highest BCUT2D eigenvalue weighted by Gasteiger charge is 2.58. The van der Waals surface area contributed by atoms with Gasteiger partial charge in [0.05, 0.1) is 53.8 Å². The van der Waals surface area contributed by atoms with Gasteiger partial charge in [0.1, 0.15) is 0 Å². The molecule has 13 heteroatoms. The smallest absolute Gasteiger partial charge is 0.255 e. The van der Waals surface area contributed by atoms with Gasteiger partial charge in [0.25, 0.3) is 5.91 Å². The molecule has 8 nitrogen and oxygen atoms in total. The van der Waals surface area contributed by atoms with Crippen molar-refractivity contribution in [3.8, 4) is 0 Å². The highest BCUT2D eigenvalue weighted by molar-refractivity contribution is 7.92. The zero-order valence-corrected chi connectivity index (χ0v) is 24.2. The van der Waals surface area contributed by atoms with Gasteiger partial charge in [-0.1, -0.05) is 18.5 Å². The summed E-state index contributed by atoms with van der Waals surface area (Å²) in [4.78, 5) is 12.5. The maximum Gasteiger partial charge on any atom is 0.255 e. The molecule has 2 N–H and O–H groups in total. The first-order valence-electron chi connectivity index (χ1n) is 13.2. The topological polar surface area (TPSA) is 111 Å². The van der Waals surface area contributed by atoms with Crippen LogP contribution in [-0.4, -0.2) is 70.4 Å². The van der Waals surface area contributed by atoms with Gasteiger partial charge in [-0.25, -0.2) is 21.6 Å². The lowest BCUT2D eigenvalue weighted by Gasteiger charge is -2.42. The fraction of sp³-hybridized carbons (Fsp3) is 0.536. The number of nitrogens with one attached hydrogen (secondary N) is 1. The van der Waals surface area contributed by atoms with Gasteiger partial charge >= 0.3 is 0 Å². The lowest BCUT2D eigenvalue weighted by Crippen LogP contribution is -2.52. The van der Waals surface area contributed by atoms with Crippen LogP contribution in [0.15, 0.2) is 35.2 Å². The fourth-order valence-electron chi connectivity index (χ4n) is 6.00. The summed E-state index contributed by atoms with van der Waals surface area (Å²) >= 11 is 6.29. The minimum absolute atomic E-state index is 0.0636. The number of anilines is 1. The van der Waals surface area contributed by atoms with Crippen LogP contribution in [0, 0.1) is 35.2 Å². The van der Waals surface area contributed by atoms with Crippen molar-refractivity contribution in [2.45, 2.75) is 41.9 Å². The van der Waals surface area contributed by atoms with Gasteiger partial charge in [-0.15, -0.1) is 0 Å². The molecule has 2 aliphatic rings. The van der Waals surface area contributed by atoms with E-state index in [4.69, 9.17) is 25.8 Å². The second kappa shape index (κ2) is 13.0. The average molecular weight is 620 g/mol. The minimum atomic E-state index is -4.04. The van der Waals surface area contributed by atoms with Gasteiger partial charge < -0.3 is 24.6 Å². The molecule has 0 spiro atoms. The highest BCUT2D eigenvalue weighted by Crippen LogP contribution is 2.54. The van der Waals surface area contributed by atoms with Gasteiger partial charge in [0.15, 0.2) is 27.3 Å². The van der Waals surface area contributed by atoms with Crippen LogP contribution in [0.25, 0.3) is 0 Å². The molecular weight excluding hydrogens is 587 g/mol. The van der Waals surface area contributed by atoms with Crippen LogP contribution >= 0.6 is 11.6 Å². The Morgan fingerprint density at radius 3 is 2.37 bits per heavy atom. The third-order valence-electron chi connectivity index (χ3n) is 8.07. The second-order valence-electron chi connectivity index (χ2n) is 10.7. The first kappa shape index (κ1) is 31.7. The van der Waals surface area contributed by atoms with Crippen molar-refractivity contribution >= 4 is 33.0 Å². The zero-order chi connectivity index (χ0) is 29.9. The molecule has 0 saturated heterocycles. The van der Waals surface area contributed by atoms with E-state index in [1.54, 1.807) is 7.11 Å². The van der Waals surface area contributed by atoms with E-state index in [2.05, 4.69) is 5.32 Å². The van der Waals surface area contributed by atoms with Crippen molar-refractivity contribution < 1.29 is 45.7 Å². The van der Waals surface area contributed by atoms with Crippen LogP contribution < -0.4 is 5.32 Å². The van der Waals surface area contributed by atoms with Gasteiger partial charge in [-0.05, 0) is 55.2 Å². The molecule has 2 bridgehead atoms. The summed E-state index contributed by atoms with van der Waals surface area (Å²) in [5.74, 6) is -6.09. The number of aliphatic hydroxyl groups is 1. The molecule has 2 aliphatic carbocycles. The lowest BCUT2D eigenvalue weighted by atomic mass is 9.73. The highest BCUT2D eigenvalue weighted by atomic mass is 35.5. The Labute approximate surface area is 242 Å². The lowest BCUT2D eigenvalue weighted by molar-refractivity contribution is -0.122. The number of benzene rings is 2. The number of hydrogen-bond acceptors (Lipinski definition) is 7. The molecule has 1 amide bonds. The van der Waals surface area contributed by atoms with E-state index in [1.165, 1.54) is 12.1 Å². The summed E-state index contributed by atoms with van der Waals surface area (Å²) in [5, 5.41) is 12.9. The largest absolute Gasteiger partial charge is 0.387 e. The summed E-state index contributed by atoms with van der Waals surface area (Å²) in [5.41, 5.74) is -1.64. The maximum atomic E-state index is 13.8. The van der Waals surface area contributed by atoms with E-state index in [0.29, 0.717) is 38.4 Å². The SMILES string of the molecule is COCCOCCOC[C@@]1(O)C2CC(S(=O)(=O)c3cc(C(=O)Nc4cc(F)c(F)c(F)c4)ccc3Cl)CC1[C@@H](C)C2. The van der Waals surface area contributed by atoms with E-state index < -0.39 is 44.0 Å². The Morgan fingerprint density at radius 2 is 1.71 bits per heavy atom. The van der Waals surface area contributed by atoms with E-state index in [1.807, 2.05) is 6.92 Å². The quantitative estimate of drug-likeness (QED) is 0.263. The number of carbonyl (C=O) groups is 1. The van der Waals surface area contributed by atoms with Crippen LogP contribution in [0.5, 0.6) is 0 Å². The summed E-state index contributed by atoms with van der Waals surface area (Å²) in [6.07, 6.45) is 1.02. The molecule has 5 atom stereocenters. The molecule has 0 heterocycles. The summed E-state index contributed by atoms with van der Waals surface area (Å²) in [6.45, 7) is 3.57. The van der Waals surface area contributed by atoms with Crippen LogP contribution in [0.2, 0.25) is 5.02 Å². The van der Waals surface area contributed by atoms with Crippen LogP contribution in [0.4, 0.5) is 18.9 Å². The van der Waals surface area contributed by atoms with E-state index >= 15 is 0 Å². The third-order valence-corrected chi connectivity index (χ3v) is 10.7. The van der Waals surface area contributed by atoms with Gasteiger partial charge in [0, 0.05) is 30.5 Å². The molecule has 0 radical (unpaired) electrons. The Balaban J connectivity index is 1.47. The van der Waals surface area contributed by atoms with Crippen LogP contribution in [0.3, 0.4) is 0 Å². The number of carbonyl (C=O) groups excluding carboxylic acids is 1. The molecule has 0 aromatic heterocycles. The molecular formula is C28H33ClF3NO7S. The average Bonchev–Trinajstić information content (AvgIpc) is 3.03. The number of fused-ring (bicyclic) bond motifs is 2. The first-order chi connectivity index (χ1) is 19.4.